The van der Waals surface area contributed by atoms with Crippen LogP contribution in [-0.4, -0.2) is 62.7 Å². The van der Waals surface area contributed by atoms with E-state index in [1.54, 1.807) is 24.5 Å². The second-order valence-electron chi connectivity index (χ2n) is 13.9. The van der Waals surface area contributed by atoms with Gasteiger partial charge in [-0.05, 0) is 93.1 Å². The van der Waals surface area contributed by atoms with Crippen LogP contribution in [0.5, 0.6) is 0 Å². The SMILES string of the molecule is CC1=C(CO)C(=O)O[C@@H]([C@@H](C)[C@H]2CC[C@H]3[C@@H]4C[C@H]5O[C@]56[C@@H](O)C=C(c5ccnnc5)C(=O)[C@]6(C)[C@H]4CC[C@]23C)C1. The summed E-state index contributed by atoms with van der Waals surface area (Å²) < 4.78 is 12.3. The minimum absolute atomic E-state index is 0.0607. The summed E-state index contributed by atoms with van der Waals surface area (Å²) in [6.45, 7) is 8.38. The smallest absolute Gasteiger partial charge is 0.336 e. The van der Waals surface area contributed by atoms with E-state index in [1.165, 1.54) is 0 Å². The molecule has 0 unspecified atom stereocenters. The predicted octanol–water partition coefficient (Wildman–Crippen LogP) is 3.67. The van der Waals surface area contributed by atoms with Gasteiger partial charge in [-0.25, -0.2) is 4.79 Å². The Morgan fingerprint density at radius 3 is 2.65 bits per heavy atom. The zero-order valence-electron chi connectivity index (χ0n) is 23.8. The van der Waals surface area contributed by atoms with Crippen molar-refractivity contribution in [3.8, 4) is 0 Å². The number of fused-ring (bicyclic) bond motifs is 4. The number of carbonyl (C=O) groups excluding carboxylic acids is 2. The summed E-state index contributed by atoms with van der Waals surface area (Å²) in [5, 5.41) is 28.9. The van der Waals surface area contributed by atoms with Crippen molar-refractivity contribution in [1.82, 2.24) is 10.2 Å². The van der Waals surface area contributed by atoms with Crippen LogP contribution >= 0.6 is 0 Å². The molecule has 3 saturated carbocycles. The van der Waals surface area contributed by atoms with Crippen LogP contribution in [0.15, 0.2) is 35.7 Å². The number of allylic oxidation sites excluding steroid dienone is 1. The summed E-state index contributed by atoms with van der Waals surface area (Å²) in [5.74, 6) is 1.21. The standard InChI is InChI=1S/C32H40N2O6/c1-16-11-25(39-29(38)21(16)15-35)17(2)22-5-6-23-20-13-27-32(40-27)26(36)12-19(18-8-10-33-34-14-18)28(37)31(32,4)24(20)7-9-30(22,23)3/h8,10,12,14,17,20,22-27,35-36H,5-7,9,11,13,15H2,1-4H3/t17-,20-,22+,23-,24-,25+,26-,27+,30+,31-,32+/m0/s1. The number of hydrogen-bond acceptors (Lipinski definition) is 8. The summed E-state index contributed by atoms with van der Waals surface area (Å²) >= 11 is 0. The highest BCUT2D eigenvalue weighted by atomic mass is 16.6. The number of epoxide rings is 1. The molecule has 40 heavy (non-hydrogen) atoms. The minimum Gasteiger partial charge on any atom is -0.458 e. The lowest BCUT2D eigenvalue weighted by Crippen LogP contribution is -2.64. The van der Waals surface area contributed by atoms with Gasteiger partial charge in [0, 0.05) is 17.6 Å². The van der Waals surface area contributed by atoms with E-state index in [1.807, 2.05) is 6.92 Å². The van der Waals surface area contributed by atoms with Crippen LogP contribution in [-0.2, 0) is 19.1 Å². The van der Waals surface area contributed by atoms with E-state index in [4.69, 9.17) is 9.47 Å². The molecule has 0 aromatic carbocycles. The Kier molecular flexibility index (Phi) is 5.82. The Morgan fingerprint density at radius 1 is 1.15 bits per heavy atom. The monoisotopic (exact) mass is 548 g/mol. The van der Waals surface area contributed by atoms with Crippen molar-refractivity contribution in [2.24, 2.45) is 40.4 Å². The molecular formula is C32H40N2O6. The number of hydrogen-bond donors (Lipinski definition) is 2. The first-order valence-corrected chi connectivity index (χ1v) is 15.0. The van der Waals surface area contributed by atoms with Crippen LogP contribution in [0.2, 0.25) is 0 Å². The number of ketones is 1. The molecule has 214 valence electrons. The van der Waals surface area contributed by atoms with E-state index < -0.39 is 17.1 Å². The van der Waals surface area contributed by atoms with Crippen LogP contribution in [0.1, 0.15) is 71.8 Å². The van der Waals surface area contributed by atoms with E-state index in [0.29, 0.717) is 40.9 Å². The van der Waals surface area contributed by atoms with E-state index in [0.717, 1.165) is 37.7 Å². The van der Waals surface area contributed by atoms with Gasteiger partial charge in [0.25, 0.3) is 0 Å². The Balaban J connectivity index is 1.18. The number of carbonyl (C=O) groups is 2. The summed E-state index contributed by atoms with van der Waals surface area (Å²) in [5.41, 5.74) is 1.000. The van der Waals surface area contributed by atoms with E-state index in [-0.39, 0.29) is 47.8 Å². The summed E-state index contributed by atoms with van der Waals surface area (Å²) in [7, 11) is 0. The van der Waals surface area contributed by atoms with Gasteiger partial charge in [-0.3, -0.25) is 4.79 Å². The van der Waals surface area contributed by atoms with E-state index >= 15 is 0 Å². The number of aromatic nitrogens is 2. The molecule has 11 atom stereocenters. The van der Waals surface area contributed by atoms with Gasteiger partial charge in [-0.2, -0.15) is 10.2 Å². The fraction of sp³-hybridized carbons (Fsp3) is 0.688. The zero-order chi connectivity index (χ0) is 28.2. The van der Waals surface area contributed by atoms with Gasteiger partial charge in [0.1, 0.15) is 17.8 Å². The Hall–Kier alpha value is -2.42. The molecule has 3 heterocycles. The van der Waals surface area contributed by atoms with Crippen LogP contribution in [0.4, 0.5) is 0 Å². The molecule has 8 heteroatoms. The topological polar surface area (TPSA) is 122 Å². The van der Waals surface area contributed by atoms with Crippen LogP contribution < -0.4 is 0 Å². The molecule has 7 rings (SSSR count). The first kappa shape index (κ1) is 26.5. The molecule has 0 amide bonds. The summed E-state index contributed by atoms with van der Waals surface area (Å²) in [6, 6.07) is 1.79. The maximum absolute atomic E-state index is 14.4. The fourth-order valence-electron chi connectivity index (χ4n) is 10.5. The van der Waals surface area contributed by atoms with Gasteiger partial charge in [0.2, 0.25) is 0 Å². The zero-order valence-corrected chi connectivity index (χ0v) is 23.8. The highest BCUT2D eigenvalue weighted by Crippen LogP contribution is 2.73. The second kappa shape index (κ2) is 8.79. The van der Waals surface area contributed by atoms with Gasteiger partial charge in [0.05, 0.1) is 36.1 Å². The highest BCUT2D eigenvalue weighted by Gasteiger charge is 2.81. The molecule has 1 spiro atoms. The molecular weight excluding hydrogens is 508 g/mol. The lowest BCUT2D eigenvalue weighted by Gasteiger charge is -2.58. The van der Waals surface area contributed by atoms with Crippen molar-refractivity contribution in [3.63, 3.8) is 0 Å². The van der Waals surface area contributed by atoms with Gasteiger partial charge in [-0.1, -0.05) is 19.4 Å². The molecule has 2 aliphatic heterocycles. The first-order chi connectivity index (χ1) is 19.1. The number of aliphatic hydroxyl groups is 2. The average molecular weight is 549 g/mol. The van der Waals surface area contributed by atoms with Crippen molar-refractivity contribution in [3.05, 3.63) is 41.2 Å². The largest absolute Gasteiger partial charge is 0.458 e. The molecule has 1 saturated heterocycles. The number of aliphatic hydroxyl groups excluding tert-OH is 2. The Bertz CT molecular complexity index is 1330. The maximum Gasteiger partial charge on any atom is 0.336 e. The van der Waals surface area contributed by atoms with Crippen molar-refractivity contribution in [2.45, 2.75) is 90.1 Å². The van der Waals surface area contributed by atoms with Crippen LogP contribution in [0.25, 0.3) is 5.57 Å². The fourth-order valence-corrected chi connectivity index (χ4v) is 10.5. The molecule has 8 nitrogen and oxygen atoms in total. The number of ether oxygens (including phenoxy) is 2. The highest BCUT2D eigenvalue weighted by molar-refractivity contribution is 6.25. The number of esters is 1. The molecule has 2 N–H and O–H groups in total. The number of cyclic esters (lactones) is 1. The van der Waals surface area contributed by atoms with Crippen molar-refractivity contribution in [2.75, 3.05) is 6.61 Å². The third kappa shape index (κ3) is 3.24. The summed E-state index contributed by atoms with van der Waals surface area (Å²) in [4.78, 5) is 27.0. The predicted molar refractivity (Wildman–Crippen MR) is 145 cm³/mol. The second-order valence-corrected chi connectivity index (χ2v) is 13.9. The Labute approximate surface area is 235 Å². The number of Topliss-reactive ketones (excluding diaryl/α,β-unsaturated/α-hetero) is 1. The summed E-state index contributed by atoms with van der Waals surface area (Å²) in [6.07, 6.45) is 9.37. The van der Waals surface area contributed by atoms with Gasteiger partial charge in [-0.15, -0.1) is 0 Å². The van der Waals surface area contributed by atoms with Crippen molar-refractivity contribution in [1.29, 1.82) is 0 Å². The Morgan fingerprint density at radius 2 is 1.95 bits per heavy atom. The average Bonchev–Trinajstić information content (AvgIpc) is 3.58. The normalized spacial score (nSPS) is 46.5. The van der Waals surface area contributed by atoms with Gasteiger partial charge >= 0.3 is 5.97 Å². The van der Waals surface area contributed by atoms with Crippen molar-refractivity contribution >= 4 is 17.3 Å². The van der Waals surface area contributed by atoms with Crippen LogP contribution in [0, 0.1) is 40.4 Å². The number of nitrogens with zero attached hydrogens (tertiary/aromatic N) is 2. The lowest BCUT2D eigenvalue weighted by atomic mass is 9.43. The molecule has 4 fully saturated rings. The van der Waals surface area contributed by atoms with Crippen LogP contribution in [0.3, 0.4) is 0 Å². The maximum atomic E-state index is 14.4. The first-order valence-electron chi connectivity index (χ1n) is 15.0. The molecule has 1 aromatic heterocycles. The molecule has 6 aliphatic rings. The molecule has 0 radical (unpaired) electrons. The molecule has 1 aromatic rings. The third-order valence-corrected chi connectivity index (χ3v) is 12.6. The molecule has 0 bridgehead atoms. The minimum atomic E-state index is -0.838. The number of rotatable bonds is 4. The quantitative estimate of drug-likeness (QED) is 0.432. The van der Waals surface area contributed by atoms with E-state index in [2.05, 4.69) is 31.0 Å². The molecule has 4 aliphatic carbocycles. The third-order valence-electron chi connectivity index (χ3n) is 12.6. The lowest BCUT2D eigenvalue weighted by molar-refractivity contribution is -0.155. The van der Waals surface area contributed by atoms with Gasteiger partial charge in [0.15, 0.2) is 5.78 Å². The van der Waals surface area contributed by atoms with E-state index in [9.17, 15) is 19.8 Å². The van der Waals surface area contributed by atoms with Gasteiger partial charge < -0.3 is 19.7 Å². The van der Waals surface area contributed by atoms with Crippen molar-refractivity contribution < 1.29 is 29.3 Å².